The van der Waals surface area contributed by atoms with Gasteiger partial charge in [-0.3, -0.25) is 9.59 Å². The quantitative estimate of drug-likeness (QED) is 0.761. The summed E-state index contributed by atoms with van der Waals surface area (Å²) in [7, 11) is -3.33. The molecule has 0 aromatic heterocycles. The number of likely N-dealkylation sites (tertiary alicyclic amines) is 2. The third kappa shape index (κ3) is 5.31. The van der Waals surface area contributed by atoms with Crippen molar-refractivity contribution in [3.05, 3.63) is 35.9 Å². The molecule has 0 radical (unpaired) electrons. The SMILES string of the molecule is CS(=O)(=O)CC(=O)N1CCC[C@]2(CCC(=O)N(CCc3ccccc3)C2)C1. The molecule has 148 valence electrons. The lowest BCUT2D eigenvalue weighted by Gasteiger charge is -2.48. The first kappa shape index (κ1) is 19.9. The van der Waals surface area contributed by atoms with Gasteiger partial charge in [-0.15, -0.1) is 0 Å². The van der Waals surface area contributed by atoms with Crippen molar-refractivity contribution in [3.8, 4) is 0 Å². The summed E-state index contributed by atoms with van der Waals surface area (Å²) in [4.78, 5) is 28.4. The Morgan fingerprint density at radius 2 is 1.89 bits per heavy atom. The highest BCUT2D eigenvalue weighted by Crippen LogP contribution is 2.39. The van der Waals surface area contributed by atoms with Crippen molar-refractivity contribution in [3.63, 3.8) is 0 Å². The van der Waals surface area contributed by atoms with E-state index in [9.17, 15) is 18.0 Å². The van der Waals surface area contributed by atoms with Crippen LogP contribution in [0.25, 0.3) is 0 Å². The zero-order valence-corrected chi connectivity index (χ0v) is 16.7. The first-order valence-corrected chi connectivity index (χ1v) is 11.6. The standard InChI is InChI=1S/C20H28N2O4S/c1-27(25,26)14-19(24)21-12-5-10-20(15-21)11-8-18(23)22(16-20)13-9-17-6-3-2-4-7-17/h2-4,6-7H,5,8-16H2,1H3/t20-/m0/s1. The van der Waals surface area contributed by atoms with Gasteiger partial charge in [0, 0.05) is 44.3 Å². The molecule has 0 saturated carbocycles. The van der Waals surface area contributed by atoms with Gasteiger partial charge in [-0.1, -0.05) is 30.3 Å². The number of hydrogen-bond donors (Lipinski definition) is 0. The highest BCUT2D eigenvalue weighted by Gasteiger charge is 2.42. The van der Waals surface area contributed by atoms with E-state index in [1.54, 1.807) is 4.90 Å². The molecule has 2 saturated heterocycles. The lowest BCUT2D eigenvalue weighted by atomic mass is 9.73. The Balaban J connectivity index is 1.64. The number of benzene rings is 1. The Morgan fingerprint density at radius 1 is 1.15 bits per heavy atom. The molecule has 2 fully saturated rings. The Morgan fingerprint density at radius 3 is 2.59 bits per heavy atom. The van der Waals surface area contributed by atoms with Crippen molar-refractivity contribution in [1.82, 2.24) is 9.80 Å². The lowest BCUT2D eigenvalue weighted by Crippen LogP contribution is -2.55. The third-order valence-corrected chi connectivity index (χ3v) is 6.43. The van der Waals surface area contributed by atoms with E-state index in [1.165, 1.54) is 5.56 Å². The van der Waals surface area contributed by atoms with Crippen LogP contribution in [0.2, 0.25) is 0 Å². The van der Waals surface area contributed by atoms with Crippen LogP contribution < -0.4 is 0 Å². The van der Waals surface area contributed by atoms with Gasteiger partial charge in [-0.25, -0.2) is 8.42 Å². The molecule has 1 aromatic carbocycles. The molecule has 6 nitrogen and oxygen atoms in total. The molecule has 1 aromatic rings. The number of rotatable bonds is 5. The second-order valence-electron chi connectivity index (χ2n) is 8.04. The Labute approximate surface area is 161 Å². The van der Waals surface area contributed by atoms with E-state index in [4.69, 9.17) is 0 Å². The van der Waals surface area contributed by atoms with Crippen molar-refractivity contribution in [2.45, 2.75) is 32.1 Å². The van der Waals surface area contributed by atoms with Gasteiger partial charge in [-0.05, 0) is 31.2 Å². The van der Waals surface area contributed by atoms with Crippen LogP contribution in [-0.2, 0) is 25.8 Å². The zero-order chi connectivity index (χ0) is 19.5. The number of carbonyl (C=O) groups is 2. The average Bonchev–Trinajstić information content (AvgIpc) is 2.62. The molecule has 27 heavy (non-hydrogen) atoms. The monoisotopic (exact) mass is 392 g/mol. The third-order valence-electron chi connectivity index (χ3n) is 5.66. The lowest BCUT2D eigenvalue weighted by molar-refractivity contribution is -0.142. The fraction of sp³-hybridized carbons (Fsp3) is 0.600. The van der Waals surface area contributed by atoms with Gasteiger partial charge in [0.05, 0.1) is 0 Å². The van der Waals surface area contributed by atoms with Crippen molar-refractivity contribution >= 4 is 21.7 Å². The molecule has 2 aliphatic heterocycles. The van der Waals surface area contributed by atoms with Crippen LogP contribution in [0, 0.1) is 5.41 Å². The van der Waals surface area contributed by atoms with Gasteiger partial charge < -0.3 is 9.80 Å². The summed E-state index contributed by atoms with van der Waals surface area (Å²) in [5, 5.41) is 0. The molecule has 1 spiro atoms. The molecule has 2 heterocycles. The highest BCUT2D eigenvalue weighted by atomic mass is 32.2. The largest absolute Gasteiger partial charge is 0.342 e. The maximum absolute atomic E-state index is 12.4. The van der Waals surface area contributed by atoms with E-state index in [-0.39, 0.29) is 17.2 Å². The van der Waals surface area contributed by atoms with Gasteiger partial charge >= 0.3 is 0 Å². The van der Waals surface area contributed by atoms with Crippen molar-refractivity contribution in [1.29, 1.82) is 0 Å². The van der Waals surface area contributed by atoms with Crippen LogP contribution in [0.1, 0.15) is 31.2 Å². The summed E-state index contributed by atoms with van der Waals surface area (Å²) >= 11 is 0. The number of sulfone groups is 1. The van der Waals surface area contributed by atoms with Gasteiger partial charge in [0.1, 0.15) is 5.75 Å². The molecule has 7 heteroatoms. The molecule has 2 amide bonds. The first-order chi connectivity index (χ1) is 12.8. The van der Waals surface area contributed by atoms with Crippen LogP contribution >= 0.6 is 0 Å². The van der Waals surface area contributed by atoms with E-state index in [0.717, 1.165) is 31.9 Å². The van der Waals surface area contributed by atoms with E-state index >= 15 is 0 Å². The fourth-order valence-corrected chi connectivity index (χ4v) is 4.92. The topological polar surface area (TPSA) is 74.8 Å². The molecule has 1 atom stereocenters. The van der Waals surface area contributed by atoms with E-state index in [0.29, 0.717) is 32.6 Å². The van der Waals surface area contributed by atoms with Crippen LogP contribution in [-0.4, -0.2) is 68.2 Å². The zero-order valence-electron chi connectivity index (χ0n) is 15.9. The summed E-state index contributed by atoms with van der Waals surface area (Å²) in [6.07, 6.45) is 5.02. The molecular formula is C20H28N2O4S. The number of nitrogens with zero attached hydrogens (tertiary/aromatic N) is 2. The van der Waals surface area contributed by atoms with E-state index < -0.39 is 15.6 Å². The number of amides is 2. The smallest absolute Gasteiger partial charge is 0.237 e. The Hall–Kier alpha value is -1.89. The molecule has 0 aliphatic carbocycles. The Kier molecular flexibility index (Phi) is 5.89. The minimum absolute atomic E-state index is 0.101. The van der Waals surface area contributed by atoms with Gasteiger partial charge in [0.15, 0.2) is 9.84 Å². The summed E-state index contributed by atoms with van der Waals surface area (Å²) in [6, 6.07) is 10.1. The normalized spacial score (nSPS) is 23.7. The van der Waals surface area contributed by atoms with Gasteiger partial charge in [0.2, 0.25) is 11.8 Å². The van der Waals surface area contributed by atoms with E-state index in [1.807, 2.05) is 23.1 Å². The van der Waals surface area contributed by atoms with E-state index in [2.05, 4.69) is 12.1 Å². The number of hydrogen-bond acceptors (Lipinski definition) is 4. The second kappa shape index (κ2) is 8.00. The van der Waals surface area contributed by atoms with Crippen LogP contribution in [0.15, 0.2) is 30.3 Å². The molecular weight excluding hydrogens is 364 g/mol. The number of piperidine rings is 2. The minimum atomic E-state index is -3.33. The van der Waals surface area contributed by atoms with Crippen molar-refractivity contribution in [2.24, 2.45) is 5.41 Å². The molecule has 0 bridgehead atoms. The van der Waals surface area contributed by atoms with Crippen molar-refractivity contribution in [2.75, 3.05) is 38.2 Å². The summed E-state index contributed by atoms with van der Waals surface area (Å²) in [6.45, 7) is 2.49. The molecule has 0 N–H and O–H groups in total. The van der Waals surface area contributed by atoms with Gasteiger partial charge in [-0.2, -0.15) is 0 Å². The predicted molar refractivity (Wildman–Crippen MR) is 104 cm³/mol. The second-order valence-corrected chi connectivity index (χ2v) is 10.2. The maximum Gasteiger partial charge on any atom is 0.237 e. The Bertz CT molecular complexity index is 793. The summed E-state index contributed by atoms with van der Waals surface area (Å²) in [5.41, 5.74) is 1.11. The highest BCUT2D eigenvalue weighted by molar-refractivity contribution is 7.91. The minimum Gasteiger partial charge on any atom is -0.342 e. The first-order valence-electron chi connectivity index (χ1n) is 9.54. The van der Waals surface area contributed by atoms with Gasteiger partial charge in [0.25, 0.3) is 0 Å². The van der Waals surface area contributed by atoms with Crippen molar-refractivity contribution < 1.29 is 18.0 Å². The predicted octanol–water partition coefficient (Wildman–Crippen LogP) is 1.50. The maximum atomic E-state index is 12.4. The fourth-order valence-electron chi connectivity index (χ4n) is 4.28. The molecule has 2 aliphatic rings. The molecule has 3 rings (SSSR count). The molecule has 0 unspecified atom stereocenters. The van der Waals surface area contributed by atoms with Crippen LogP contribution in [0.5, 0.6) is 0 Å². The summed E-state index contributed by atoms with van der Waals surface area (Å²) in [5.74, 6) is -0.569. The summed E-state index contributed by atoms with van der Waals surface area (Å²) < 4.78 is 22.9. The number of carbonyl (C=O) groups excluding carboxylic acids is 2. The average molecular weight is 393 g/mol. The van der Waals surface area contributed by atoms with Crippen LogP contribution in [0.3, 0.4) is 0 Å². The van der Waals surface area contributed by atoms with Crippen LogP contribution in [0.4, 0.5) is 0 Å².